The summed E-state index contributed by atoms with van der Waals surface area (Å²) in [5, 5.41) is 0.398. The molecule has 1 aromatic rings. The maximum atomic E-state index is 12.6. The van der Waals surface area contributed by atoms with Crippen LogP contribution in [-0.2, 0) is 16.6 Å². The fraction of sp³-hybridized carbons (Fsp3) is 0.600. The molecule has 1 saturated carbocycles. The summed E-state index contributed by atoms with van der Waals surface area (Å²) < 4.78 is 27.9. The molecule has 0 bridgehead atoms. The maximum Gasteiger partial charge on any atom is 0.240 e. The molecule has 0 unspecified atom stereocenters. The zero-order chi connectivity index (χ0) is 15.7. The first-order valence-corrected chi connectivity index (χ1v) is 9.18. The van der Waals surface area contributed by atoms with Crippen LogP contribution in [0.4, 0.5) is 0 Å². The van der Waals surface area contributed by atoms with Gasteiger partial charge in [0.1, 0.15) is 0 Å². The second kappa shape index (κ2) is 6.24. The second-order valence-electron chi connectivity index (χ2n) is 5.92. The Morgan fingerprint density at radius 3 is 2.52 bits per heavy atom. The highest BCUT2D eigenvalue weighted by Crippen LogP contribution is 2.43. The first-order chi connectivity index (χ1) is 9.83. The van der Waals surface area contributed by atoms with Gasteiger partial charge in [-0.2, -0.15) is 0 Å². The Labute approximate surface area is 132 Å². The first-order valence-electron chi connectivity index (χ1n) is 7.32. The third-order valence-electron chi connectivity index (χ3n) is 4.74. The van der Waals surface area contributed by atoms with E-state index >= 15 is 0 Å². The lowest BCUT2D eigenvalue weighted by Crippen LogP contribution is -2.41. The lowest BCUT2D eigenvalue weighted by Gasteiger charge is -2.41. The number of sulfonamides is 1. The van der Waals surface area contributed by atoms with Gasteiger partial charge in [0.25, 0.3) is 0 Å². The minimum absolute atomic E-state index is 0.135. The quantitative estimate of drug-likeness (QED) is 0.842. The summed E-state index contributed by atoms with van der Waals surface area (Å²) in [6.45, 7) is 4.65. The van der Waals surface area contributed by atoms with Gasteiger partial charge in [0.15, 0.2) is 0 Å². The summed E-state index contributed by atoms with van der Waals surface area (Å²) in [6, 6.07) is 3.22. The molecular formula is C15H23ClN2O2S. The van der Waals surface area contributed by atoms with E-state index in [4.69, 9.17) is 17.3 Å². The van der Waals surface area contributed by atoms with Crippen LogP contribution >= 0.6 is 11.6 Å². The molecule has 118 valence electrons. The number of benzene rings is 1. The maximum absolute atomic E-state index is 12.6. The van der Waals surface area contributed by atoms with Crippen LogP contribution in [0.1, 0.15) is 43.7 Å². The van der Waals surface area contributed by atoms with Gasteiger partial charge in [-0.1, -0.05) is 24.9 Å². The van der Waals surface area contributed by atoms with E-state index in [0.29, 0.717) is 17.1 Å². The van der Waals surface area contributed by atoms with Crippen molar-refractivity contribution in [3.05, 3.63) is 28.3 Å². The Balaban J connectivity index is 2.25. The van der Waals surface area contributed by atoms with E-state index in [0.717, 1.165) is 24.8 Å². The summed E-state index contributed by atoms with van der Waals surface area (Å²) in [7, 11) is -3.56. The molecule has 1 aromatic carbocycles. The Kier molecular flexibility index (Phi) is 4.98. The van der Waals surface area contributed by atoms with Crippen molar-refractivity contribution in [2.24, 2.45) is 11.1 Å². The van der Waals surface area contributed by atoms with Crippen molar-refractivity contribution in [2.75, 3.05) is 6.54 Å². The van der Waals surface area contributed by atoms with Crippen molar-refractivity contribution < 1.29 is 8.42 Å². The third-order valence-corrected chi connectivity index (χ3v) is 6.49. The normalized spacial score (nSPS) is 17.5. The van der Waals surface area contributed by atoms with E-state index in [1.807, 2.05) is 0 Å². The van der Waals surface area contributed by atoms with Gasteiger partial charge in [0.2, 0.25) is 10.0 Å². The SMILES string of the molecule is CCC1(CNS(=O)(=O)c2cc(Cl)cc(CN)c2C)CCC1. The van der Waals surface area contributed by atoms with Crippen LogP contribution in [-0.4, -0.2) is 15.0 Å². The summed E-state index contributed by atoms with van der Waals surface area (Å²) >= 11 is 6.01. The van der Waals surface area contributed by atoms with Gasteiger partial charge < -0.3 is 5.73 Å². The van der Waals surface area contributed by atoms with Gasteiger partial charge in [-0.25, -0.2) is 13.1 Å². The molecule has 4 nitrogen and oxygen atoms in total. The molecule has 0 amide bonds. The number of halogens is 1. The van der Waals surface area contributed by atoms with E-state index in [-0.39, 0.29) is 16.9 Å². The monoisotopic (exact) mass is 330 g/mol. The number of nitrogens with two attached hydrogens (primary N) is 1. The van der Waals surface area contributed by atoms with Crippen molar-refractivity contribution in [1.29, 1.82) is 0 Å². The Morgan fingerprint density at radius 2 is 2.05 bits per heavy atom. The van der Waals surface area contributed by atoms with Gasteiger partial charge in [-0.05, 0) is 54.9 Å². The van der Waals surface area contributed by atoms with Gasteiger partial charge in [-0.3, -0.25) is 0 Å². The molecule has 0 aliphatic heterocycles. The van der Waals surface area contributed by atoms with E-state index in [1.54, 1.807) is 13.0 Å². The molecular weight excluding hydrogens is 308 g/mol. The van der Waals surface area contributed by atoms with Gasteiger partial charge >= 0.3 is 0 Å². The van der Waals surface area contributed by atoms with E-state index in [2.05, 4.69) is 11.6 Å². The topological polar surface area (TPSA) is 72.2 Å². The lowest BCUT2D eigenvalue weighted by molar-refractivity contribution is 0.133. The fourth-order valence-corrected chi connectivity index (χ4v) is 4.63. The smallest absolute Gasteiger partial charge is 0.240 e. The van der Waals surface area contributed by atoms with Crippen LogP contribution in [0.2, 0.25) is 5.02 Å². The number of hydrogen-bond acceptors (Lipinski definition) is 3. The average molecular weight is 331 g/mol. The zero-order valence-corrected chi connectivity index (χ0v) is 14.1. The minimum atomic E-state index is -3.56. The molecule has 6 heteroatoms. The van der Waals surface area contributed by atoms with Crippen LogP contribution in [0.3, 0.4) is 0 Å². The predicted molar refractivity (Wildman–Crippen MR) is 85.8 cm³/mol. The molecule has 0 atom stereocenters. The van der Waals surface area contributed by atoms with Gasteiger partial charge in [0.05, 0.1) is 4.90 Å². The summed E-state index contributed by atoms with van der Waals surface area (Å²) in [5.41, 5.74) is 7.22. The van der Waals surface area contributed by atoms with Crippen molar-refractivity contribution in [3.63, 3.8) is 0 Å². The van der Waals surface area contributed by atoms with Crippen LogP contribution < -0.4 is 10.5 Å². The van der Waals surface area contributed by atoms with Crippen molar-refractivity contribution in [2.45, 2.75) is 51.0 Å². The minimum Gasteiger partial charge on any atom is -0.326 e. The zero-order valence-electron chi connectivity index (χ0n) is 12.6. The molecule has 0 aromatic heterocycles. The third kappa shape index (κ3) is 3.42. The highest BCUT2D eigenvalue weighted by molar-refractivity contribution is 7.89. The second-order valence-corrected chi connectivity index (χ2v) is 8.10. The molecule has 21 heavy (non-hydrogen) atoms. The van der Waals surface area contributed by atoms with Crippen molar-refractivity contribution >= 4 is 21.6 Å². The molecule has 1 aliphatic carbocycles. The van der Waals surface area contributed by atoms with Gasteiger partial charge in [-0.15, -0.1) is 0 Å². The molecule has 0 spiro atoms. The largest absolute Gasteiger partial charge is 0.326 e. The van der Waals surface area contributed by atoms with Crippen molar-refractivity contribution in [1.82, 2.24) is 4.72 Å². The van der Waals surface area contributed by atoms with Crippen LogP contribution in [0.25, 0.3) is 0 Å². The molecule has 3 N–H and O–H groups in total. The molecule has 0 radical (unpaired) electrons. The van der Waals surface area contributed by atoms with E-state index < -0.39 is 10.0 Å². The van der Waals surface area contributed by atoms with E-state index in [9.17, 15) is 8.42 Å². The highest BCUT2D eigenvalue weighted by atomic mass is 35.5. The molecule has 1 fully saturated rings. The summed E-state index contributed by atoms with van der Waals surface area (Å²) in [4.78, 5) is 0.237. The average Bonchev–Trinajstić information content (AvgIpc) is 2.40. The fourth-order valence-electron chi connectivity index (χ4n) is 2.86. The lowest BCUT2D eigenvalue weighted by atomic mass is 9.67. The Bertz CT molecular complexity index is 619. The van der Waals surface area contributed by atoms with Crippen LogP contribution in [0.5, 0.6) is 0 Å². The van der Waals surface area contributed by atoms with E-state index in [1.165, 1.54) is 12.5 Å². The number of nitrogens with one attached hydrogen (secondary N) is 1. The van der Waals surface area contributed by atoms with Crippen LogP contribution in [0, 0.1) is 12.3 Å². The standard InChI is InChI=1S/C15H23ClN2O2S/c1-3-15(5-4-6-15)10-18-21(19,20)14-8-13(16)7-12(9-17)11(14)2/h7-8,18H,3-6,9-10,17H2,1-2H3. The molecule has 0 heterocycles. The molecule has 0 saturated heterocycles. The number of hydrogen-bond donors (Lipinski definition) is 2. The first kappa shape index (κ1) is 16.7. The van der Waals surface area contributed by atoms with Gasteiger partial charge in [0, 0.05) is 18.1 Å². The molecule has 2 rings (SSSR count). The number of rotatable bonds is 6. The van der Waals surface area contributed by atoms with Crippen molar-refractivity contribution in [3.8, 4) is 0 Å². The Morgan fingerprint density at radius 1 is 1.38 bits per heavy atom. The Hall–Kier alpha value is -0.620. The summed E-state index contributed by atoms with van der Waals surface area (Å²) in [5.74, 6) is 0. The van der Waals surface area contributed by atoms with Crippen LogP contribution in [0.15, 0.2) is 17.0 Å². The summed E-state index contributed by atoms with van der Waals surface area (Å²) in [6.07, 6.45) is 4.37. The highest BCUT2D eigenvalue weighted by Gasteiger charge is 2.36. The molecule has 1 aliphatic rings. The predicted octanol–water partition coefficient (Wildman–Crippen LogP) is 2.97.